The largest absolute Gasteiger partial charge is 0.481 e. The molecule has 2 unspecified atom stereocenters. The number of carboxylic acids is 1. The molecule has 28 heavy (non-hydrogen) atoms. The summed E-state index contributed by atoms with van der Waals surface area (Å²) >= 11 is 0. The van der Waals surface area contributed by atoms with Crippen molar-refractivity contribution in [3.8, 4) is 0 Å². The maximum absolute atomic E-state index is 12.5. The van der Waals surface area contributed by atoms with Crippen LogP contribution in [0.4, 0.5) is 0 Å². The molecule has 0 heterocycles. The zero-order valence-electron chi connectivity index (χ0n) is 16.5. The van der Waals surface area contributed by atoms with E-state index in [0.717, 1.165) is 49.7 Å². The van der Waals surface area contributed by atoms with Gasteiger partial charge >= 0.3 is 5.97 Å². The van der Waals surface area contributed by atoms with Crippen LogP contribution in [0, 0.1) is 12.8 Å². The average molecular weight is 406 g/mol. The van der Waals surface area contributed by atoms with Gasteiger partial charge in [-0.2, -0.15) is 0 Å². The zero-order valence-corrected chi connectivity index (χ0v) is 17.3. The number of sulfonamides is 1. The van der Waals surface area contributed by atoms with Crippen LogP contribution < -0.4 is 4.72 Å². The molecule has 2 N–H and O–H groups in total. The number of unbranched alkanes of at least 4 members (excludes halogenated alkanes) is 1. The van der Waals surface area contributed by atoms with Crippen molar-refractivity contribution >= 4 is 22.1 Å². The number of carboxylic acid groups (broad SMARTS) is 1. The molecule has 6 heteroatoms. The Morgan fingerprint density at radius 2 is 1.89 bits per heavy atom. The lowest BCUT2D eigenvalue weighted by atomic mass is 9.83. The molecule has 2 atom stereocenters. The van der Waals surface area contributed by atoms with E-state index in [0.29, 0.717) is 6.42 Å². The number of hydrogen-bond donors (Lipinski definition) is 2. The number of allylic oxidation sites excluding steroid dienone is 2. The van der Waals surface area contributed by atoms with Gasteiger partial charge in [0.1, 0.15) is 0 Å². The molecule has 0 radical (unpaired) electrons. The van der Waals surface area contributed by atoms with Gasteiger partial charge in [-0.25, -0.2) is 13.1 Å². The van der Waals surface area contributed by atoms with Crippen LogP contribution in [0.3, 0.4) is 0 Å². The molecule has 1 aromatic carbocycles. The SMILES string of the molecule is Cc1ccc(C=CS(=O)(=O)NC2CCCCC2CC=CCCCC(=O)O)cc1. The summed E-state index contributed by atoms with van der Waals surface area (Å²) in [6.45, 7) is 2.00. The fraction of sp³-hybridized carbons (Fsp3) is 0.500. The van der Waals surface area contributed by atoms with Crippen LogP contribution >= 0.6 is 0 Å². The van der Waals surface area contributed by atoms with Gasteiger partial charge in [0.05, 0.1) is 0 Å². The van der Waals surface area contributed by atoms with Gasteiger partial charge in [-0.05, 0) is 56.6 Å². The highest BCUT2D eigenvalue weighted by Crippen LogP contribution is 2.28. The molecule has 0 aliphatic heterocycles. The van der Waals surface area contributed by atoms with E-state index in [1.54, 1.807) is 6.08 Å². The van der Waals surface area contributed by atoms with E-state index in [2.05, 4.69) is 10.8 Å². The number of aliphatic carboxylic acids is 1. The Hall–Kier alpha value is -1.92. The van der Waals surface area contributed by atoms with Gasteiger partial charge < -0.3 is 5.11 Å². The van der Waals surface area contributed by atoms with Gasteiger partial charge in [0.15, 0.2) is 0 Å². The highest BCUT2D eigenvalue weighted by Gasteiger charge is 2.27. The van der Waals surface area contributed by atoms with Crippen molar-refractivity contribution in [3.05, 3.63) is 53.0 Å². The van der Waals surface area contributed by atoms with Crippen molar-refractivity contribution in [2.45, 2.75) is 64.3 Å². The predicted octanol–water partition coefficient (Wildman–Crippen LogP) is 4.65. The zero-order chi connectivity index (χ0) is 20.4. The Bertz CT molecular complexity index is 781. The van der Waals surface area contributed by atoms with Gasteiger partial charge in [0.25, 0.3) is 0 Å². The lowest BCUT2D eigenvalue weighted by molar-refractivity contribution is -0.137. The maximum Gasteiger partial charge on any atom is 0.303 e. The van der Waals surface area contributed by atoms with E-state index in [9.17, 15) is 13.2 Å². The molecule has 1 fully saturated rings. The Morgan fingerprint density at radius 3 is 2.61 bits per heavy atom. The minimum Gasteiger partial charge on any atom is -0.481 e. The smallest absolute Gasteiger partial charge is 0.303 e. The summed E-state index contributed by atoms with van der Waals surface area (Å²) in [5, 5.41) is 9.91. The van der Waals surface area contributed by atoms with Crippen LogP contribution in [0.15, 0.2) is 41.8 Å². The van der Waals surface area contributed by atoms with Crippen LogP contribution in [-0.2, 0) is 14.8 Å². The van der Waals surface area contributed by atoms with Crippen LogP contribution in [-0.4, -0.2) is 25.5 Å². The quantitative estimate of drug-likeness (QED) is 0.438. The molecule has 2 rings (SSSR count). The van der Waals surface area contributed by atoms with Crippen molar-refractivity contribution < 1.29 is 18.3 Å². The monoisotopic (exact) mass is 405 g/mol. The predicted molar refractivity (Wildman–Crippen MR) is 113 cm³/mol. The number of aryl methyl sites for hydroxylation is 1. The third-order valence-corrected chi connectivity index (χ3v) is 6.23. The third-order valence-electron chi connectivity index (χ3n) is 5.11. The topological polar surface area (TPSA) is 83.5 Å². The van der Waals surface area contributed by atoms with Crippen LogP contribution in [0.1, 0.15) is 62.5 Å². The molecule has 0 aromatic heterocycles. The Balaban J connectivity index is 1.88. The lowest BCUT2D eigenvalue weighted by Gasteiger charge is -2.31. The van der Waals surface area contributed by atoms with E-state index in [-0.39, 0.29) is 18.4 Å². The standard InChI is InChI=1S/C22H31NO4S/c1-18-12-14-19(15-13-18)16-17-28(26,27)23-21-10-7-6-9-20(21)8-4-2-3-5-11-22(24)25/h2,4,12-17,20-21,23H,3,5-11H2,1H3,(H,24,25). The van der Waals surface area contributed by atoms with Gasteiger partial charge in [-0.3, -0.25) is 4.79 Å². The summed E-state index contributed by atoms with van der Waals surface area (Å²) < 4.78 is 27.9. The first kappa shape index (κ1) is 22.4. The average Bonchev–Trinajstić information content (AvgIpc) is 2.65. The van der Waals surface area contributed by atoms with Crippen molar-refractivity contribution in [3.63, 3.8) is 0 Å². The second kappa shape index (κ2) is 11.2. The molecule has 5 nitrogen and oxygen atoms in total. The number of carbonyl (C=O) groups is 1. The summed E-state index contributed by atoms with van der Waals surface area (Å²) in [7, 11) is -3.49. The first-order valence-corrected chi connectivity index (χ1v) is 11.5. The van der Waals surface area contributed by atoms with Crippen molar-refractivity contribution in [1.29, 1.82) is 0 Å². The summed E-state index contributed by atoms with van der Waals surface area (Å²) in [4.78, 5) is 10.5. The summed E-state index contributed by atoms with van der Waals surface area (Å²) in [6.07, 6.45) is 12.1. The van der Waals surface area contributed by atoms with Gasteiger partial charge in [-0.15, -0.1) is 0 Å². The van der Waals surface area contributed by atoms with Gasteiger partial charge in [0, 0.05) is 17.9 Å². The maximum atomic E-state index is 12.5. The molecule has 0 bridgehead atoms. The first-order chi connectivity index (χ1) is 13.4. The molecule has 0 saturated heterocycles. The fourth-order valence-corrected chi connectivity index (χ4v) is 4.65. The Kier molecular flexibility index (Phi) is 8.93. The van der Waals surface area contributed by atoms with E-state index < -0.39 is 16.0 Å². The van der Waals surface area contributed by atoms with Gasteiger partial charge in [-0.1, -0.05) is 54.8 Å². The van der Waals surface area contributed by atoms with E-state index in [1.807, 2.05) is 37.3 Å². The molecular weight excluding hydrogens is 374 g/mol. The molecule has 1 aliphatic carbocycles. The number of benzene rings is 1. The van der Waals surface area contributed by atoms with Crippen molar-refractivity contribution in [2.75, 3.05) is 0 Å². The van der Waals surface area contributed by atoms with Crippen LogP contribution in [0.5, 0.6) is 0 Å². The molecule has 1 saturated carbocycles. The highest BCUT2D eigenvalue weighted by molar-refractivity contribution is 7.92. The lowest BCUT2D eigenvalue weighted by Crippen LogP contribution is -2.41. The van der Waals surface area contributed by atoms with E-state index in [4.69, 9.17) is 5.11 Å². The summed E-state index contributed by atoms with van der Waals surface area (Å²) in [5.41, 5.74) is 2.00. The Morgan fingerprint density at radius 1 is 1.18 bits per heavy atom. The number of rotatable bonds is 10. The number of nitrogens with one attached hydrogen (secondary N) is 1. The van der Waals surface area contributed by atoms with Gasteiger partial charge in [0.2, 0.25) is 10.0 Å². The van der Waals surface area contributed by atoms with Crippen molar-refractivity contribution in [2.24, 2.45) is 5.92 Å². The Labute approximate surface area is 168 Å². The third kappa shape index (κ3) is 8.40. The summed E-state index contributed by atoms with van der Waals surface area (Å²) in [5.74, 6) is -0.485. The minimum atomic E-state index is -3.49. The van der Waals surface area contributed by atoms with Crippen LogP contribution in [0.25, 0.3) is 6.08 Å². The fourth-order valence-electron chi connectivity index (χ4n) is 3.50. The first-order valence-electron chi connectivity index (χ1n) is 9.99. The highest BCUT2D eigenvalue weighted by atomic mass is 32.2. The van der Waals surface area contributed by atoms with E-state index in [1.165, 1.54) is 5.41 Å². The molecular formula is C22H31NO4S. The summed E-state index contributed by atoms with van der Waals surface area (Å²) in [6, 6.07) is 7.67. The molecule has 1 aliphatic rings. The van der Waals surface area contributed by atoms with Crippen molar-refractivity contribution in [1.82, 2.24) is 4.72 Å². The number of hydrogen-bond acceptors (Lipinski definition) is 3. The second-order valence-electron chi connectivity index (χ2n) is 7.52. The molecule has 0 amide bonds. The normalized spacial score (nSPS) is 20.8. The van der Waals surface area contributed by atoms with E-state index >= 15 is 0 Å². The second-order valence-corrected chi connectivity index (χ2v) is 9.12. The molecule has 0 spiro atoms. The molecule has 1 aromatic rings. The minimum absolute atomic E-state index is 0.0508. The molecule has 154 valence electrons. The van der Waals surface area contributed by atoms with Crippen LogP contribution in [0.2, 0.25) is 0 Å².